The lowest BCUT2D eigenvalue weighted by Crippen LogP contribution is -2.39. The highest BCUT2D eigenvalue weighted by Crippen LogP contribution is 2.35. The van der Waals surface area contributed by atoms with Gasteiger partial charge in [-0.05, 0) is 25.7 Å². The molecule has 0 unspecified atom stereocenters. The molecular formula is C16H20F3N7. The average molecular weight is 367 g/mol. The fraction of sp³-hybridized carbons (Fsp3) is 0.625. The second kappa shape index (κ2) is 6.82. The molecule has 3 heterocycles. The Hall–Kier alpha value is -2.23. The molecule has 1 N–H and O–H groups in total. The van der Waals surface area contributed by atoms with Crippen LogP contribution < -0.4 is 5.32 Å². The van der Waals surface area contributed by atoms with Crippen molar-refractivity contribution in [3.8, 4) is 0 Å². The normalized spacial score (nSPS) is 19.7. The van der Waals surface area contributed by atoms with Gasteiger partial charge in [-0.15, -0.1) is 10.2 Å². The van der Waals surface area contributed by atoms with Gasteiger partial charge >= 0.3 is 6.18 Å². The van der Waals surface area contributed by atoms with Gasteiger partial charge in [-0.2, -0.15) is 13.2 Å². The zero-order valence-corrected chi connectivity index (χ0v) is 14.2. The molecule has 140 valence electrons. The van der Waals surface area contributed by atoms with Gasteiger partial charge in [0, 0.05) is 31.2 Å². The summed E-state index contributed by atoms with van der Waals surface area (Å²) in [5.74, 6) is 1.21. The predicted octanol–water partition coefficient (Wildman–Crippen LogP) is 2.50. The maximum absolute atomic E-state index is 12.7. The van der Waals surface area contributed by atoms with Crippen molar-refractivity contribution < 1.29 is 13.2 Å². The minimum absolute atomic E-state index is 0.100. The van der Waals surface area contributed by atoms with E-state index >= 15 is 0 Å². The Labute approximate surface area is 148 Å². The van der Waals surface area contributed by atoms with Crippen molar-refractivity contribution in [2.75, 3.05) is 18.4 Å². The van der Waals surface area contributed by atoms with Gasteiger partial charge in [0.1, 0.15) is 30.0 Å². The number of aromatic nitrogens is 5. The highest BCUT2D eigenvalue weighted by molar-refractivity contribution is 5.36. The molecule has 1 aliphatic carbocycles. The Kier molecular flexibility index (Phi) is 4.51. The van der Waals surface area contributed by atoms with Gasteiger partial charge in [0.15, 0.2) is 0 Å². The van der Waals surface area contributed by atoms with Crippen LogP contribution in [0.2, 0.25) is 0 Å². The maximum Gasteiger partial charge on any atom is 0.433 e. The van der Waals surface area contributed by atoms with Gasteiger partial charge in [0.25, 0.3) is 0 Å². The highest BCUT2D eigenvalue weighted by atomic mass is 19.4. The first-order chi connectivity index (χ1) is 12.5. The Balaban J connectivity index is 1.30. The summed E-state index contributed by atoms with van der Waals surface area (Å²) < 4.78 is 40.4. The molecule has 7 nitrogen and oxygen atoms in total. The average Bonchev–Trinajstić information content (AvgIpc) is 3.36. The number of hydrogen-bond donors (Lipinski definition) is 1. The van der Waals surface area contributed by atoms with Crippen LogP contribution in [0.4, 0.5) is 19.0 Å². The predicted molar refractivity (Wildman–Crippen MR) is 87.2 cm³/mol. The number of nitrogens with zero attached hydrogens (tertiary/aromatic N) is 6. The van der Waals surface area contributed by atoms with E-state index < -0.39 is 11.9 Å². The van der Waals surface area contributed by atoms with Crippen molar-refractivity contribution in [1.82, 2.24) is 29.6 Å². The number of piperidine rings is 1. The highest BCUT2D eigenvalue weighted by Gasteiger charge is 2.33. The second-order valence-electron chi connectivity index (χ2n) is 6.87. The first-order valence-corrected chi connectivity index (χ1v) is 8.75. The topological polar surface area (TPSA) is 71.8 Å². The lowest BCUT2D eigenvalue weighted by molar-refractivity contribution is -0.141. The van der Waals surface area contributed by atoms with Crippen LogP contribution >= 0.6 is 0 Å². The van der Waals surface area contributed by atoms with Crippen molar-refractivity contribution in [2.24, 2.45) is 0 Å². The van der Waals surface area contributed by atoms with Crippen LogP contribution in [-0.2, 0) is 12.7 Å². The smallest absolute Gasteiger partial charge is 0.367 e. The number of hydrogen-bond acceptors (Lipinski definition) is 6. The van der Waals surface area contributed by atoms with Crippen LogP contribution in [0.5, 0.6) is 0 Å². The van der Waals surface area contributed by atoms with Crippen molar-refractivity contribution in [2.45, 2.75) is 50.5 Å². The fourth-order valence-corrected chi connectivity index (χ4v) is 3.27. The molecule has 0 amide bonds. The quantitative estimate of drug-likeness (QED) is 0.876. The van der Waals surface area contributed by atoms with E-state index in [-0.39, 0.29) is 11.9 Å². The molecular weight excluding hydrogens is 347 g/mol. The molecule has 0 atom stereocenters. The SMILES string of the molecule is FC(F)(F)c1cc(NC2CCN(Cc3nncn3C3CC3)CC2)ncn1. The van der Waals surface area contributed by atoms with E-state index in [4.69, 9.17) is 0 Å². The first kappa shape index (κ1) is 17.2. The standard InChI is InChI=1S/C16H20F3N7/c17-16(18,19)13-7-14(21-9-20-13)23-11-3-5-25(6-4-11)8-15-24-22-10-26(15)12-1-2-12/h7,9-12H,1-6,8H2,(H,20,21,23). The minimum Gasteiger partial charge on any atom is -0.367 e. The molecule has 2 aromatic heterocycles. The number of nitrogens with one attached hydrogen (secondary N) is 1. The van der Waals surface area contributed by atoms with Crippen LogP contribution in [0.25, 0.3) is 0 Å². The molecule has 1 saturated heterocycles. The third-order valence-electron chi connectivity index (χ3n) is 4.85. The summed E-state index contributed by atoms with van der Waals surface area (Å²) in [7, 11) is 0. The number of rotatable bonds is 5. The van der Waals surface area contributed by atoms with Crippen LogP contribution in [0.1, 0.15) is 43.2 Å². The molecule has 2 fully saturated rings. The molecule has 0 bridgehead atoms. The Morgan fingerprint density at radius 2 is 1.88 bits per heavy atom. The van der Waals surface area contributed by atoms with E-state index in [2.05, 4.69) is 34.9 Å². The third kappa shape index (κ3) is 3.95. The lowest BCUT2D eigenvalue weighted by Gasteiger charge is -2.32. The summed E-state index contributed by atoms with van der Waals surface area (Å²) in [4.78, 5) is 9.50. The monoisotopic (exact) mass is 367 g/mol. The third-order valence-corrected chi connectivity index (χ3v) is 4.85. The lowest BCUT2D eigenvalue weighted by atomic mass is 10.1. The first-order valence-electron chi connectivity index (χ1n) is 8.75. The summed E-state index contributed by atoms with van der Waals surface area (Å²) in [6, 6.07) is 1.62. The number of likely N-dealkylation sites (tertiary alicyclic amines) is 1. The van der Waals surface area contributed by atoms with Crippen molar-refractivity contribution in [1.29, 1.82) is 0 Å². The molecule has 2 aromatic rings. The Morgan fingerprint density at radius 3 is 2.58 bits per heavy atom. The molecule has 26 heavy (non-hydrogen) atoms. The van der Waals surface area contributed by atoms with Crippen LogP contribution in [0, 0.1) is 0 Å². The van der Waals surface area contributed by atoms with E-state index in [0.717, 1.165) is 50.7 Å². The van der Waals surface area contributed by atoms with Crippen molar-refractivity contribution in [3.05, 3.63) is 30.2 Å². The van der Waals surface area contributed by atoms with Crippen molar-refractivity contribution in [3.63, 3.8) is 0 Å². The number of halogens is 3. The summed E-state index contributed by atoms with van der Waals surface area (Å²) >= 11 is 0. The second-order valence-corrected chi connectivity index (χ2v) is 6.87. The van der Waals surface area contributed by atoms with Gasteiger partial charge in [0.05, 0.1) is 6.54 Å². The van der Waals surface area contributed by atoms with Gasteiger partial charge in [0.2, 0.25) is 0 Å². The zero-order valence-electron chi connectivity index (χ0n) is 14.2. The molecule has 2 aliphatic rings. The summed E-state index contributed by atoms with van der Waals surface area (Å²) in [5.41, 5.74) is -0.924. The van der Waals surface area contributed by atoms with Crippen LogP contribution in [0.3, 0.4) is 0 Å². The maximum atomic E-state index is 12.7. The van der Waals surface area contributed by atoms with E-state index in [1.807, 2.05) is 0 Å². The molecule has 0 aromatic carbocycles. The van der Waals surface area contributed by atoms with Crippen LogP contribution in [0.15, 0.2) is 18.7 Å². The van der Waals surface area contributed by atoms with E-state index in [1.165, 1.54) is 12.8 Å². The molecule has 4 rings (SSSR count). The minimum atomic E-state index is -4.46. The van der Waals surface area contributed by atoms with Gasteiger partial charge in [-0.3, -0.25) is 4.90 Å². The van der Waals surface area contributed by atoms with Gasteiger partial charge < -0.3 is 9.88 Å². The van der Waals surface area contributed by atoms with Gasteiger partial charge in [-0.25, -0.2) is 9.97 Å². The zero-order chi connectivity index (χ0) is 18.1. The van der Waals surface area contributed by atoms with E-state index in [1.54, 1.807) is 6.33 Å². The molecule has 1 aliphatic heterocycles. The number of anilines is 1. The fourth-order valence-electron chi connectivity index (χ4n) is 3.27. The largest absolute Gasteiger partial charge is 0.433 e. The molecule has 1 saturated carbocycles. The summed E-state index contributed by atoms with van der Waals surface area (Å²) in [6.07, 6.45) is 2.34. The Morgan fingerprint density at radius 1 is 1.12 bits per heavy atom. The van der Waals surface area contributed by atoms with E-state index in [0.29, 0.717) is 6.04 Å². The number of alkyl halides is 3. The van der Waals surface area contributed by atoms with Crippen molar-refractivity contribution >= 4 is 5.82 Å². The van der Waals surface area contributed by atoms with E-state index in [9.17, 15) is 13.2 Å². The van der Waals surface area contributed by atoms with Crippen LogP contribution in [-0.4, -0.2) is 48.8 Å². The molecule has 0 spiro atoms. The summed E-state index contributed by atoms with van der Waals surface area (Å²) in [5, 5.41) is 11.3. The summed E-state index contributed by atoms with van der Waals surface area (Å²) in [6.45, 7) is 2.47. The molecule has 0 radical (unpaired) electrons. The van der Waals surface area contributed by atoms with Gasteiger partial charge in [-0.1, -0.05) is 0 Å². The Bertz CT molecular complexity index is 748. The molecule has 10 heteroatoms.